The van der Waals surface area contributed by atoms with Gasteiger partial charge in [0.2, 0.25) is 5.91 Å². The molecule has 2 rings (SSSR count). The molecule has 1 atom stereocenters. The van der Waals surface area contributed by atoms with Crippen molar-refractivity contribution in [3.63, 3.8) is 0 Å². The van der Waals surface area contributed by atoms with Crippen LogP contribution in [-0.2, 0) is 4.79 Å². The van der Waals surface area contributed by atoms with Crippen LogP contribution in [0.3, 0.4) is 0 Å². The highest BCUT2D eigenvalue weighted by molar-refractivity contribution is 5.76. The van der Waals surface area contributed by atoms with Gasteiger partial charge >= 0.3 is 0 Å². The van der Waals surface area contributed by atoms with E-state index in [1.54, 1.807) is 0 Å². The van der Waals surface area contributed by atoms with Crippen molar-refractivity contribution in [2.75, 3.05) is 13.1 Å². The Kier molecular flexibility index (Phi) is 3.62. The number of hydrogen-bond acceptors (Lipinski definition) is 2. The lowest BCUT2D eigenvalue weighted by atomic mass is 10.0. The Labute approximate surface area is 92.2 Å². The van der Waals surface area contributed by atoms with Crippen LogP contribution in [0, 0.1) is 0 Å². The molecule has 1 aliphatic heterocycles. The lowest BCUT2D eigenvalue weighted by molar-refractivity contribution is -0.131. The molecular weight excluding hydrogens is 188 g/mol. The van der Waals surface area contributed by atoms with E-state index in [9.17, 15) is 4.79 Å². The molecule has 0 aromatic rings. The number of nitrogens with one attached hydrogen (secondary N) is 1. The number of nitrogens with zero attached hydrogens (tertiary/aromatic N) is 1. The summed E-state index contributed by atoms with van der Waals surface area (Å²) in [6.07, 6.45) is 6.94. The molecule has 3 nitrogen and oxygen atoms in total. The van der Waals surface area contributed by atoms with Gasteiger partial charge in [-0.2, -0.15) is 0 Å². The number of amides is 1. The van der Waals surface area contributed by atoms with E-state index in [1.165, 1.54) is 32.1 Å². The SMILES string of the molecule is CCC(=O)N(CC1CCCCN1)C1CC1. The summed E-state index contributed by atoms with van der Waals surface area (Å²) in [5.74, 6) is 0.338. The van der Waals surface area contributed by atoms with Gasteiger partial charge in [-0.15, -0.1) is 0 Å². The molecule has 0 aromatic carbocycles. The lowest BCUT2D eigenvalue weighted by Crippen LogP contribution is -2.46. The summed E-state index contributed by atoms with van der Waals surface area (Å²) < 4.78 is 0. The van der Waals surface area contributed by atoms with Crippen LogP contribution < -0.4 is 5.32 Å². The van der Waals surface area contributed by atoms with E-state index in [2.05, 4.69) is 10.2 Å². The number of carbonyl (C=O) groups is 1. The molecule has 0 radical (unpaired) electrons. The molecule has 0 bridgehead atoms. The third-order valence-corrected chi connectivity index (χ3v) is 3.44. The van der Waals surface area contributed by atoms with Crippen LogP contribution in [0.4, 0.5) is 0 Å². The third-order valence-electron chi connectivity index (χ3n) is 3.44. The van der Waals surface area contributed by atoms with Crippen LogP contribution in [0.15, 0.2) is 0 Å². The van der Waals surface area contributed by atoms with Gasteiger partial charge in [0.15, 0.2) is 0 Å². The van der Waals surface area contributed by atoms with E-state index in [-0.39, 0.29) is 0 Å². The highest BCUT2D eigenvalue weighted by Gasteiger charge is 2.33. The number of piperidine rings is 1. The first-order valence-corrected chi connectivity index (χ1v) is 6.34. The Morgan fingerprint density at radius 2 is 2.13 bits per heavy atom. The Bertz CT molecular complexity index is 220. The van der Waals surface area contributed by atoms with E-state index < -0.39 is 0 Å². The van der Waals surface area contributed by atoms with E-state index >= 15 is 0 Å². The molecule has 1 saturated heterocycles. The molecule has 0 spiro atoms. The van der Waals surface area contributed by atoms with Gasteiger partial charge in [-0.25, -0.2) is 0 Å². The zero-order valence-corrected chi connectivity index (χ0v) is 9.67. The summed E-state index contributed by atoms with van der Waals surface area (Å²) in [4.78, 5) is 13.9. The lowest BCUT2D eigenvalue weighted by Gasteiger charge is -2.30. The maximum absolute atomic E-state index is 11.8. The number of carbonyl (C=O) groups excluding carboxylic acids is 1. The second kappa shape index (κ2) is 4.97. The van der Waals surface area contributed by atoms with Crippen molar-refractivity contribution in [1.29, 1.82) is 0 Å². The van der Waals surface area contributed by atoms with Crippen LogP contribution >= 0.6 is 0 Å². The summed E-state index contributed by atoms with van der Waals surface area (Å²) in [7, 11) is 0. The van der Waals surface area contributed by atoms with Crippen LogP contribution in [0.25, 0.3) is 0 Å². The summed E-state index contributed by atoms with van der Waals surface area (Å²) in [5, 5.41) is 3.52. The van der Waals surface area contributed by atoms with Crippen molar-refractivity contribution < 1.29 is 4.79 Å². The van der Waals surface area contributed by atoms with E-state index in [0.29, 0.717) is 24.4 Å². The van der Waals surface area contributed by atoms with Gasteiger partial charge < -0.3 is 10.2 Å². The standard InChI is InChI=1S/C12H22N2O/c1-2-12(15)14(11-6-7-11)9-10-5-3-4-8-13-10/h10-11,13H,2-9H2,1H3. The Hall–Kier alpha value is -0.570. The van der Waals surface area contributed by atoms with Gasteiger partial charge in [0.1, 0.15) is 0 Å². The molecule has 0 aromatic heterocycles. The first-order chi connectivity index (χ1) is 7.31. The minimum Gasteiger partial charge on any atom is -0.338 e. The smallest absolute Gasteiger partial charge is 0.222 e. The third kappa shape index (κ3) is 2.94. The van der Waals surface area contributed by atoms with Gasteiger partial charge in [0.25, 0.3) is 0 Å². The summed E-state index contributed by atoms with van der Waals surface area (Å²) in [6, 6.07) is 1.12. The van der Waals surface area contributed by atoms with Crippen molar-refractivity contribution in [3.8, 4) is 0 Å². The number of rotatable bonds is 4. The quantitative estimate of drug-likeness (QED) is 0.763. The van der Waals surface area contributed by atoms with Crippen molar-refractivity contribution in [3.05, 3.63) is 0 Å². The second-order valence-corrected chi connectivity index (χ2v) is 4.78. The highest BCUT2D eigenvalue weighted by Crippen LogP contribution is 2.28. The topological polar surface area (TPSA) is 32.3 Å². The molecule has 1 N–H and O–H groups in total. The average molecular weight is 210 g/mol. The Morgan fingerprint density at radius 1 is 1.33 bits per heavy atom. The van der Waals surface area contributed by atoms with Crippen molar-refractivity contribution in [2.24, 2.45) is 0 Å². The Morgan fingerprint density at radius 3 is 2.67 bits per heavy atom. The molecule has 2 fully saturated rings. The molecule has 1 heterocycles. The highest BCUT2D eigenvalue weighted by atomic mass is 16.2. The zero-order chi connectivity index (χ0) is 10.7. The van der Waals surface area contributed by atoms with Crippen molar-refractivity contribution in [2.45, 2.75) is 57.5 Å². The summed E-state index contributed by atoms with van der Waals surface area (Å²) in [5.41, 5.74) is 0. The fourth-order valence-electron chi connectivity index (χ4n) is 2.36. The van der Waals surface area contributed by atoms with E-state index in [0.717, 1.165) is 13.1 Å². The van der Waals surface area contributed by atoms with Crippen LogP contribution in [-0.4, -0.2) is 36.0 Å². The predicted octanol–water partition coefficient (Wildman–Crippen LogP) is 1.53. The predicted molar refractivity (Wildman–Crippen MR) is 60.7 cm³/mol. The van der Waals surface area contributed by atoms with E-state index in [1.807, 2.05) is 6.92 Å². The monoisotopic (exact) mass is 210 g/mol. The van der Waals surface area contributed by atoms with Crippen molar-refractivity contribution in [1.82, 2.24) is 10.2 Å². The van der Waals surface area contributed by atoms with E-state index in [4.69, 9.17) is 0 Å². The van der Waals surface area contributed by atoms with Gasteiger partial charge in [-0.3, -0.25) is 4.79 Å². The average Bonchev–Trinajstić information content (AvgIpc) is 3.10. The van der Waals surface area contributed by atoms with Gasteiger partial charge in [0.05, 0.1) is 0 Å². The van der Waals surface area contributed by atoms with Crippen LogP contribution in [0.5, 0.6) is 0 Å². The molecule has 1 unspecified atom stereocenters. The first-order valence-electron chi connectivity index (χ1n) is 6.34. The minimum absolute atomic E-state index is 0.338. The molecule has 3 heteroatoms. The molecule has 2 aliphatic rings. The second-order valence-electron chi connectivity index (χ2n) is 4.78. The molecule has 1 saturated carbocycles. The van der Waals surface area contributed by atoms with Gasteiger partial charge in [0, 0.05) is 25.0 Å². The number of hydrogen-bond donors (Lipinski definition) is 1. The molecule has 1 amide bonds. The zero-order valence-electron chi connectivity index (χ0n) is 9.67. The molecular formula is C12H22N2O. The Balaban J connectivity index is 1.84. The largest absolute Gasteiger partial charge is 0.338 e. The fourth-order valence-corrected chi connectivity index (χ4v) is 2.36. The van der Waals surface area contributed by atoms with Crippen LogP contribution in [0.2, 0.25) is 0 Å². The molecule has 1 aliphatic carbocycles. The molecule has 15 heavy (non-hydrogen) atoms. The summed E-state index contributed by atoms with van der Waals surface area (Å²) in [6.45, 7) is 4.03. The normalized spacial score (nSPS) is 26.3. The summed E-state index contributed by atoms with van der Waals surface area (Å²) >= 11 is 0. The first kappa shape index (κ1) is 10.9. The minimum atomic E-state index is 0.338. The maximum atomic E-state index is 11.8. The van der Waals surface area contributed by atoms with Gasteiger partial charge in [-0.05, 0) is 32.2 Å². The maximum Gasteiger partial charge on any atom is 0.222 e. The van der Waals surface area contributed by atoms with Crippen LogP contribution in [0.1, 0.15) is 45.4 Å². The fraction of sp³-hybridized carbons (Fsp3) is 0.917. The van der Waals surface area contributed by atoms with Gasteiger partial charge in [-0.1, -0.05) is 13.3 Å². The van der Waals surface area contributed by atoms with Crippen molar-refractivity contribution >= 4 is 5.91 Å². The molecule has 86 valence electrons.